The molecule has 0 atom stereocenters. The zero-order chi connectivity index (χ0) is 14.7. The lowest BCUT2D eigenvalue weighted by Crippen LogP contribution is -2.42. The van der Waals surface area contributed by atoms with Crippen LogP contribution in [0.5, 0.6) is 0 Å². The van der Waals surface area contributed by atoms with E-state index in [-0.39, 0.29) is 11.7 Å². The highest BCUT2D eigenvalue weighted by atomic mass is 19.1. The number of carbonyl (C=O) groups excluding carboxylic acids is 1. The molecule has 1 aromatic heterocycles. The summed E-state index contributed by atoms with van der Waals surface area (Å²) in [6.45, 7) is 0.335. The summed E-state index contributed by atoms with van der Waals surface area (Å²) in [5.41, 5.74) is -0.225. The smallest absolute Gasteiger partial charge is 0.231 e. The fourth-order valence-corrected chi connectivity index (χ4v) is 3.20. The summed E-state index contributed by atoms with van der Waals surface area (Å²) in [5.74, 6) is 0.291. The van der Waals surface area contributed by atoms with Crippen LogP contribution in [0.4, 0.5) is 4.39 Å². The molecule has 0 radical (unpaired) electrons. The Morgan fingerprint density at radius 2 is 1.95 bits per heavy atom. The molecule has 1 aliphatic carbocycles. The van der Waals surface area contributed by atoms with Gasteiger partial charge in [0.25, 0.3) is 0 Å². The van der Waals surface area contributed by atoms with Crippen molar-refractivity contribution in [2.24, 2.45) is 0 Å². The molecule has 21 heavy (non-hydrogen) atoms. The van der Waals surface area contributed by atoms with Crippen molar-refractivity contribution < 1.29 is 13.6 Å². The molecule has 0 saturated heterocycles. The predicted octanol–water partition coefficient (Wildman–Crippen LogP) is 3.55. The molecular formula is C17H18FNO2. The van der Waals surface area contributed by atoms with E-state index >= 15 is 0 Å². The second-order valence-corrected chi connectivity index (χ2v) is 5.53. The van der Waals surface area contributed by atoms with Crippen molar-refractivity contribution in [2.75, 3.05) is 0 Å². The standard InChI is InChI=1S/C17H18FNO2/c18-15-8-2-1-7-14(15)17(9-3-4-10-17)16(20)19-12-13-6-5-11-21-13/h1-2,5-8,11H,3-4,9-10,12H2,(H,19,20). The van der Waals surface area contributed by atoms with Gasteiger partial charge in [-0.15, -0.1) is 0 Å². The number of hydrogen-bond acceptors (Lipinski definition) is 2. The van der Waals surface area contributed by atoms with Gasteiger partial charge in [-0.1, -0.05) is 31.0 Å². The second kappa shape index (κ2) is 5.72. The summed E-state index contributed by atoms with van der Waals surface area (Å²) in [6, 6.07) is 10.2. The van der Waals surface area contributed by atoms with Crippen molar-refractivity contribution in [3.8, 4) is 0 Å². The van der Waals surface area contributed by atoms with E-state index in [1.165, 1.54) is 6.07 Å². The molecule has 0 unspecified atom stereocenters. The Hall–Kier alpha value is -2.10. The van der Waals surface area contributed by atoms with Crippen LogP contribution in [0.25, 0.3) is 0 Å². The Bertz CT molecular complexity index is 615. The first-order valence-corrected chi connectivity index (χ1v) is 7.28. The van der Waals surface area contributed by atoms with Gasteiger partial charge in [-0.05, 0) is 31.0 Å². The maximum Gasteiger partial charge on any atom is 0.231 e. The van der Waals surface area contributed by atoms with Gasteiger partial charge in [0, 0.05) is 5.56 Å². The molecule has 1 heterocycles. The Kier molecular flexibility index (Phi) is 3.78. The van der Waals surface area contributed by atoms with Crippen LogP contribution in [-0.2, 0) is 16.8 Å². The summed E-state index contributed by atoms with van der Waals surface area (Å²) in [4.78, 5) is 12.7. The van der Waals surface area contributed by atoms with Crippen molar-refractivity contribution in [1.82, 2.24) is 5.32 Å². The molecule has 0 aliphatic heterocycles. The molecule has 1 amide bonds. The summed E-state index contributed by atoms with van der Waals surface area (Å²) < 4.78 is 19.4. The molecule has 1 saturated carbocycles. The van der Waals surface area contributed by atoms with Gasteiger partial charge < -0.3 is 9.73 Å². The first kappa shape index (κ1) is 13.9. The van der Waals surface area contributed by atoms with Gasteiger partial charge in [0.05, 0.1) is 18.2 Å². The highest BCUT2D eigenvalue weighted by Crippen LogP contribution is 2.42. The SMILES string of the molecule is O=C(NCc1ccco1)C1(c2ccccc2F)CCCC1. The molecule has 110 valence electrons. The van der Waals surface area contributed by atoms with E-state index in [9.17, 15) is 9.18 Å². The molecule has 2 aromatic rings. The number of halogens is 1. The largest absolute Gasteiger partial charge is 0.467 e. The van der Waals surface area contributed by atoms with E-state index in [1.54, 1.807) is 30.5 Å². The van der Waals surface area contributed by atoms with E-state index in [0.717, 1.165) is 12.8 Å². The Balaban J connectivity index is 1.84. The van der Waals surface area contributed by atoms with Crippen LogP contribution >= 0.6 is 0 Å². The van der Waals surface area contributed by atoms with Gasteiger partial charge in [0.15, 0.2) is 0 Å². The van der Waals surface area contributed by atoms with Crippen LogP contribution < -0.4 is 5.32 Å². The quantitative estimate of drug-likeness (QED) is 0.934. The van der Waals surface area contributed by atoms with Crippen LogP contribution in [0, 0.1) is 5.82 Å². The van der Waals surface area contributed by atoms with Crippen LogP contribution in [0.3, 0.4) is 0 Å². The molecule has 1 aliphatic rings. The monoisotopic (exact) mass is 287 g/mol. The van der Waals surface area contributed by atoms with E-state index < -0.39 is 5.41 Å². The van der Waals surface area contributed by atoms with Crippen molar-refractivity contribution >= 4 is 5.91 Å². The number of nitrogens with one attached hydrogen (secondary N) is 1. The van der Waals surface area contributed by atoms with Gasteiger partial charge >= 0.3 is 0 Å². The lowest BCUT2D eigenvalue weighted by atomic mass is 9.77. The number of amides is 1. The average molecular weight is 287 g/mol. The minimum absolute atomic E-state index is 0.110. The molecule has 0 spiro atoms. The Labute approximate surface area is 123 Å². The molecule has 1 N–H and O–H groups in total. The highest BCUT2D eigenvalue weighted by molar-refractivity contribution is 5.88. The molecule has 1 fully saturated rings. The molecule has 3 rings (SSSR count). The second-order valence-electron chi connectivity index (χ2n) is 5.53. The van der Waals surface area contributed by atoms with E-state index in [4.69, 9.17) is 4.42 Å². The lowest BCUT2D eigenvalue weighted by Gasteiger charge is -2.28. The number of carbonyl (C=O) groups is 1. The normalized spacial score (nSPS) is 16.8. The highest BCUT2D eigenvalue weighted by Gasteiger charge is 2.44. The third-order valence-corrected chi connectivity index (χ3v) is 4.28. The molecule has 1 aromatic carbocycles. The molecule has 3 nitrogen and oxygen atoms in total. The summed E-state index contributed by atoms with van der Waals surface area (Å²) in [7, 11) is 0. The minimum Gasteiger partial charge on any atom is -0.467 e. The van der Waals surface area contributed by atoms with Crippen LogP contribution in [-0.4, -0.2) is 5.91 Å². The van der Waals surface area contributed by atoms with Crippen LogP contribution in [0.1, 0.15) is 37.0 Å². The van der Waals surface area contributed by atoms with Gasteiger partial charge in [-0.25, -0.2) is 4.39 Å². The summed E-state index contributed by atoms with van der Waals surface area (Å²) >= 11 is 0. The number of benzene rings is 1. The number of furan rings is 1. The average Bonchev–Trinajstić information content (AvgIpc) is 3.17. The Morgan fingerprint density at radius 3 is 2.62 bits per heavy atom. The van der Waals surface area contributed by atoms with E-state index in [0.29, 0.717) is 30.7 Å². The van der Waals surface area contributed by atoms with Crippen molar-refractivity contribution in [1.29, 1.82) is 0 Å². The fraction of sp³-hybridized carbons (Fsp3) is 0.353. The first-order valence-electron chi connectivity index (χ1n) is 7.28. The molecule has 0 bridgehead atoms. The van der Waals surface area contributed by atoms with Crippen molar-refractivity contribution in [2.45, 2.75) is 37.6 Å². The number of hydrogen-bond donors (Lipinski definition) is 1. The first-order chi connectivity index (χ1) is 10.2. The maximum atomic E-state index is 14.2. The zero-order valence-electron chi connectivity index (χ0n) is 11.8. The Morgan fingerprint density at radius 1 is 1.19 bits per heavy atom. The number of rotatable bonds is 4. The van der Waals surface area contributed by atoms with Crippen LogP contribution in [0.15, 0.2) is 47.1 Å². The lowest BCUT2D eigenvalue weighted by molar-refractivity contribution is -0.127. The van der Waals surface area contributed by atoms with Gasteiger partial charge in [0.2, 0.25) is 5.91 Å². The third-order valence-electron chi connectivity index (χ3n) is 4.28. The van der Waals surface area contributed by atoms with Crippen LogP contribution in [0.2, 0.25) is 0 Å². The fourth-order valence-electron chi connectivity index (χ4n) is 3.20. The minimum atomic E-state index is -0.738. The summed E-state index contributed by atoms with van der Waals surface area (Å²) in [5, 5.41) is 2.89. The zero-order valence-corrected chi connectivity index (χ0v) is 11.8. The predicted molar refractivity (Wildman–Crippen MR) is 77.1 cm³/mol. The van der Waals surface area contributed by atoms with Crippen molar-refractivity contribution in [3.63, 3.8) is 0 Å². The van der Waals surface area contributed by atoms with Gasteiger partial charge in [0.1, 0.15) is 11.6 Å². The van der Waals surface area contributed by atoms with E-state index in [2.05, 4.69) is 5.32 Å². The third kappa shape index (κ3) is 2.58. The van der Waals surface area contributed by atoms with Gasteiger partial charge in [-0.3, -0.25) is 4.79 Å². The molecule has 4 heteroatoms. The van der Waals surface area contributed by atoms with E-state index in [1.807, 2.05) is 6.07 Å². The van der Waals surface area contributed by atoms with Gasteiger partial charge in [-0.2, -0.15) is 0 Å². The summed E-state index contributed by atoms with van der Waals surface area (Å²) in [6.07, 6.45) is 4.85. The maximum absolute atomic E-state index is 14.2. The van der Waals surface area contributed by atoms with Crippen molar-refractivity contribution in [3.05, 3.63) is 59.8 Å². The molecular weight excluding hydrogens is 269 g/mol. The topological polar surface area (TPSA) is 42.2 Å².